The maximum absolute atomic E-state index is 13.9. The predicted octanol–water partition coefficient (Wildman–Crippen LogP) is 4.03. The molecule has 0 aliphatic carbocycles. The summed E-state index contributed by atoms with van der Waals surface area (Å²) in [6, 6.07) is 4.96. The van der Waals surface area contributed by atoms with Crippen molar-refractivity contribution in [1.29, 1.82) is 0 Å². The van der Waals surface area contributed by atoms with Gasteiger partial charge in [-0.1, -0.05) is 18.1 Å². The van der Waals surface area contributed by atoms with E-state index in [-0.39, 0.29) is 18.7 Å². The zero-order valence-electron chi connectivity index (χ0n) is 24.2. The van der Waals surface area contributed by atoms with E-state index < -0.39 is 11.6 Å². The Bertz CT molecular complexity index is 1320. The average Bonchev–Trinajstić information content (AvgIpc) is 3.45. The zero-order valence-corrected chi connectivity index (χ0v) is 24.2. The molecule has 1 unspecified atom stereocenters. The van der Waals surface area contributed by atoms with Crippen molar-refractivity contribution in [3.05, 3.63) is 47.3 Å². The number of aliphatic hydroxyl groups is 1. The molecular weight excluding hydrogens is 530 g/mol. The quantitative estimate of drug-likeness (QED) is 0.392. The van der Waals surface area contributed by atoms with Gasteiger partial charge >= 0.3 is 6.01 Å². The molecule has 2 fully saturated rings. The Hall–Kier alpha value is -3.22. The van der Waals surface area contributed by atoms with Gasteiger partial charge in [-0.05, 0) is 57.7 Å². The van der Waals surface area contributed by atoms with E-state index in [1.807, 2.05) is 13.8 Å². The van der Waals surface area contributed by atoms with Crippen molar-refractivity contribution in [2.75, 3.05) is 49.5 Å². The summed E-state index contributed by atoms with van der Waals surface area (Å²) >= 11 is 0. The minimum absolute atomic E-state index is 0.133. The van der Waals surface area contributed by atoms with Crippen LogP contribution in [0.1, 0.15) is 57.3 Å². The number of hydrogen-bond acceptors (Lipinski definition) is 10. The molecule has 2 aromatic heterocycles. The van der Waals surface area contributed by atoms with Gasteiger partial charge in [0.2, 0.25) is 0 Å². The zero-order chi connectivity index (χ0) is 29.1. The number of likely N-dealkylation sites (tertiary alicyclic amines) is 1. The molecule has 2 aliphatic heterocycles. The Morgan fingerprint density at radius 3 is 2.56 bits per heavy atom. The average molecular weight is 571 g/mol. The van der Waals surface area contributed by atoms with Crippen LogP contribution in [0.3, 0.4) is 0 Å². The molecule has 1 aromatic carbocycles. The van der Waals surface area contributed by atoms with Crippen LogP contribution < -0.4 is 10.2 Å². The summed E-state index contributed by atoms with van der Waals surface area (Å²) in [4.78, 5) is 16.7. The van der Waals surface area contributed by atoms with Crippen LogP contribution in [-0.4, -0.2) is 92.5 Å². The number of halogens is 2. The monoisotopic (exact) mass is 570 g/mol. The summed E-state index contributed by atoms with van der Waals surface area (Å²) in [5.41, 5.74) is 1.98. The lowest BCUT2D eigenvalue weighted by molar-refractivity contribution is 0.0288. The lowest BCUT2D eigenvalue weighted by Gasteiger charge is -2.51. The van der Waals surface area contributed by atoms with Gasteiger partial charge in [-0.15, -0.1) is 5.10 Å². The van der Waals surface area contributed by atoms with Gasteiger partial charge in [-0.3, -0.25) is 9.80 Å². The molecule has 222 valence electrons. The third kappa shape index (κ3) is 6.19. The van der Waals surface area contributed by atoms with Crippen LogP contribution in [0.4, 0.5) is 20.6 Å². The van der Waals surface area contributed by atoms with Crippen molar-refractivity contribution < 1.29 is 18.3 Å². The first-order valence-corrected chi connectivity index (χ1v) is 14.6. The van der Waals surface area contributed by atoms with E-state index in [0.29, 0.717) is 41.8 Å². The van der Waals surface area contributed by atoms with E-state index in [2.05, 4.69) is 44.1 Å². The number of piperazine rings is 1. The van der Waals surface area contributed by atoms with Crippen LogP contribution in [0.5, 0.6) is 0 Å². The van der Waals surface area contributed by atoms with Crippen molar-refractivity contribution in [3.8, 4) is 11.6 Å². The maximum atomic E-state index is 13.9. The molecule has 3 aromatic rings. The van der Waals surface area contributed by atoms with Crippen molar-refractivity contribution in [2.24, 2.45) is 0 Å². The van der Waals surface area contributed by atoms with Gasteiger partial charge in [0.15, 0.2) is 11.6 Å². The lowest BCUT2D eigenvalue weighted by Crippen LogP contribution is -2.62. The third-order valence-electron chi connectivity index (χ3n) is 8.43. The molecule has 2 saturated heterocycles. The maximum Gasteiger partial charge on any atom is 0.315 e. The SMILES string of the molecule is CCNc1nnc(-c2cnc(N3C[C@H](CC)N(C4CCN(C(CO)c5ccc(F)c(F)c5)CC4)C[C@H]3C)c(C)n2)o1. The van der Waals surface area contributed by atoms with Crippen molar-refractivity contribution in [2.45, 2.75) is 71.1 Å². The number of nitrogens with one attached hydrogen (secondary N) is 1. The summed E-state index contributed by atoms with van der Waals surface area (Å²) in [5.74, 6) is -0.536. The Balaban J connectivity index is 1.24. The van der Waals surface area contributed by atoms with Gasteiger partial charge < -0.3 is 19.7 Å². The molecule has 5 rings (SSSR count). The van der Waals surface area contributed by atoms with Gasteiger partial charge in [-0.2, -0.15) is 0 Å². The van der Waals surface area contributed by atoms with Crippen LogP contribution in [0, 0.1) is 18.6 Å². The molecule has 0 amide bonds. The predicted molar refractivity (Wildman–Crippen MR) is 153 cm³/mol. The molecule has 0 bridgehead atoms. The van der Waals surface area contributed by atoms with E-state index >= 15 is 0 Å². The molecule has 2 N–H and O–H groups in total. The number of piperidine rings is 1. The van der Waals surface area contributed by atoms with E-state index in [4.69, 9.17) is 14.4 Å². The van der Waals surface area contributed by atoms with E-state index in [9.17, 15) is 13.9 Å². The highest BCUT2D eigenvalue weighted by atomic mass is 19.2. The summed E-state index contributed by atoms with van der Waals surface area (Å²) in [7, 11) is 0. The Kier molecular flexibility index (Phi) is 9.10. The molecule has 2 aliphatic rings. The molecule has 10 nitrogen and oxygen atoms in total. The fraction of sp³-hybridized carbons (Fsp3) is 0.586. The van der Waals surface area contributed by atoms with E-state index in [0.717, 1.165) is 63.0 Å². The van der Waals surface area contributed by atoms with E-state index in [1.165, 1.54) is 6.07 Å². The van der Waals surface area contributed by atoms with Crippen LogP contribution in [0.25, 0.3) is 11.6 Å². The number of hydrogen-bond donors (Lipinski definition) is 2. The minimum Gasteiger partial charge on any atom is -0.402 e. The first-order valence-electron chi connectivity index (χ1n) is 14.6. The molecule has 0 saturated carbocycles. The molecular formula is C29H40F2N8O2. The number of benzene rings is 1. The minimum atomic E-state index is -0.879. The highest BCUT2D eigenvalue weighted by molar-refractivity contribution is 5.53. The first kappa shape index (κ1) is 29.3. The largest absolute Gasteiger partial charge is 0.402 e. The van der Waals surface area contributed by atoms with Gasteiger partial charge in [0.25, 0.3) is 5.89 Å². The highest BCUT2D eigenvalue weighted by Gasteiger charge is 2.38. The Morgan fingerprint density at radius 2 is 1.90 bits per heavy atom. The number of rotatable bonds is 9. The molecule has 3 atom stereocenters. The number of aromatic nitrogens is 4. The number of aliphatic hydroxyl groups excluding tert-OH is 1. The smallest absolute Gasteiger partial charge is 0.315 e. The van der Waals surface area contributed by atoms with Gasteiger partial charge in [-0.25, -0.2) is 18.7 Å². The summed E-state index contributed by atoms with van der Waals surface area (Å²) in [5, 5.41) is 21.2. The Labute approximate surface area is 239 Å². The third-order valence-corrected chi connectivity index (χ3v) is 8.43. The second kappa shape index (κ2) is 12.7. The standard InChI is InChI=1S/C29H40F2N8O2/c1-5-21-16-38(27-19(4)34-25(14-33-27)28-35-36-29(41-28)32-6-2)18(3)15-39(21)22-9-11-37(12-10-22)26(17-40)20-7-8-23(30)24(31)13-20/h7-8,13-14,18,21-22,26,40H,5-6,9-12,15-17H2,1-4H3,(H,32,36)/t18-,21+,26?/m1/s1. The van der Waals surface area contributed by atoms with Crippen molar-refractivity contribution >= 4 is 11.8 Å². The summed E-state index contributed by atoms with van der Waals surface area (Å²) in [6.45, 7) is 12.3. The van der Waals surface area contributed by atoms with Crippen molar-refractivity contribution in [1.82, 2.24) is 30.0 Å². The summed E-state index contributed by atoms with van der Waals surface area (Å²) in [6.07, 6.45) is 4.62. The van der Waals surface area contributed by atoms with Crippen molar-refractivity contribution in [3.63, 3.8) is 0 Å². The van der Waals surface area contributed by atoms with Gasteiger partial charge in [0.1, 0.15) is 11.5 Å². The number of aryl methyl sites for hydroxylation is 1. The molecule has 4 heterocycles. The fourth-order valence-corrected chi connectivity index (χ4v) is 6.26. The van der Waals surface area contributed by atoms with Gasteiger partial charge in [0, 0.05) is 50.8 Å². The molecule has 0 radical (unpaired) electrons. The van der Waals surface area contributed by atoms with Gasteiger partial charge in [0.05, 0.1) is 24.5 Å². The summed E-state index contributed by atoms with van der Waals surface area (Å²) < 4.78 is 33.0. The fourth-order valence-electron chi connectivity index (χ4n) is 6.26. The first-order chi connectivity index (χ1) is 19.8. The normalized spacial score (nSPS) is 21.8. The molecule has 12 heteroatoms. The second-order valence-electron chi connectivity index (χ2n) is 11.0. The van der Waals surface area contributed by atoms with Crippen LogP contribution in [0.15, 0.2) is 28.8 Å². The van der Waals surface area contributed by atoms with Crippen LogP contribution >= 0.6 is 0 Å². The Morgan fingerprint density at radius 1 is 1.12 bits per heavy atom. The van der Waals surface area contributed by atoms with Crippen LogP contribution in [0.2, 0.25) is 0 Å². The topological polar surface area (TPSA) is 107 Å². The second-order valence-corrected chi connectivity index (χ2v) is 11.0. The number of nitrogens with zero attached hydrogens (tertiary/aromatic N) is 7. The highest BCUT2D eigenvalue weighted by Crippen LogP contribution is 2.32. The van der Waals surface area contributed by atoms with E-state index in [1.54, 1.807) is 12.3 Å². The van der Waals surface area contributed by atoms with Crippen LogP contribution in [-0.2, 0) is 0 Å². The molecule has 0 spiro atoms. The lowest BCUT2D eigenvalue weighted by atomic mass is 9.94. The number of anilines is 2. The molecule has 41 heavy (non-hydrogen) atoms.